The molecule has 0 aromatic heterocycles. The van der Waals surface area contributed by atoms with Crippen LogP contribution in [0.5, 0.6) is 0 Å². The van der Waals surface area contributed by atoms with E-state index in [4.69, 9.17) is 17.3 Å². The zero-order valence-electron chi connectivity index (χ0n) is 11.9. The monoisotopic (exact) mass is 295 g/mol. The van der Waals surface area contributed by atoms with E-state index in [9.17, 15) is 4.79 Å². The molecule has 0 aliphatic carbocycles. The molecular weight excluding hydrogens is 274 g/mol. The molecule has 1 aliphatic rings. The topological polar surface area (TPSA) is 49.6 Å². The number of carbonyl (C=O) groups excluding carboxylic acids is 1. The molecule has 2 rings (SSSR count). The molecule has 110 valence electrons. The first-order valence-corrected chi connectivity index (χ1v) is 7.43. The first-order valence-electron chi connectivity index (χ1n) is 7.05. The Balaban J connectivity index is 1.99. The van der Waals surface area contributed by atoms with E-state index in [1.54, 1.807) is 0 Å². The summed E-state index contributed by atoms with van der Waals surface area (Å²) in [5.74, 6) is 0.192. The number of nitrogens with zero attached hydrogens (tertiary/aromatic N) is 2. The zero-order chi connectivity index (χ0) is 14.5. The Hall–Kier alpha value is -1.10. The molecule has 1 saturated heterocycles. The van der Waals surface area contributed by atoms with Gasteiger partial charge in [-0.25, -0.2) is 0 Å². The summed E-state index contributed by atoms with van der Waals surface area (Å²) in [6.45, 7) is 2.66. The predicted molar refractivity (Wildman–Crippen MR) is 81.7 cm³/mol. The van der Waals surface area contributed by atoms with E-state index in [1.807, 2.05) is 41.1 Å². The van der Waals surface area contributed by atoms with E-state index in [0.717, 1.165) is 31.5 Å². The molecule has 4 nitrogen and oxygen atoms in total. The zero-order valence-corrected chi connectivity index (χ0v) is 12.6. The highest BCUT2D eigenvalue weighted by Crippen LogP contribution is 2.20. The van der Waals surface area contributed by atoms with Gasteiger partial charge in [-0.3, -0.25) is 9.69 Å². The molecule has 1 unspecified atom stereocenters. The van der Waals surface area contributed by atoms with E-state index < -0.39 is 0 Å². The minimum Gasteiger partial charge on any atom is -0.342 e. The van der Waals surface area contributed by atoms with Crippen LogP contribution in [0.15, 0.2) is 24.3 Å². The van der Waals surface area contributed by atoms with Gasteiger partial charge in [0, 0.05) is 30.7 Å². The maximum atomic E-state index is 12.2. The number of benzene rings is 1. The molecule has 0 spiro atoms. The fourth-order valence-corrected chi connectivity index (χ4v) is 2.77. The number of likely N-dealkylation sites (tertiary alicyclic amines) is 1. The lowest BCUT2D eigenvalue weighted by Gasteiger charge is -2.28. The van der Waals surface area contributed by atoms with Gasteiger partial charge in [0.15, 0.2) is 0 Å². The highest BCUT2D eigenvalue weighted by molar-refractivity contribution is 6.30. The Morgan fingerprint density at radius 1 is 1.35 bits per heavy atom. The van der Waals surface area contributed by atoms with Crippen LogP contribution in [0.1, 0.15) is 24.4 Å². The highest BCUT2D eigenvalue weighted by atomic mass is 35.5. The van der Waals surface area contributed by atoms with Gasteiger partial charge in [-0.1, -0.05) is 23.7 Å². The number of hydrogen-bond donors (Lipinski definition) is 1. The number of halogens is 1. The van der Waals surface area contributed by atoms with Crippen molar-refractivity contribution in [1.29, 1.82) is 0 Å². The summed E-state index contributed by atoms with van der Waals surface area (Å²) < 4.78 is 0. The minimum absolute atomic E-state index is 0.0406. The Kier molecular flexibility index (Phi) is 5.40. The van der Waals surface area contributed by atoms with Gasteiger partial charge < -0.3 is 10.6 Å². The third-order valence-electron chi connectivity index (χ3n) is 3.85. The summed E-state index contributed by atoms with van der Waals surface area (Å²) >= 11 is 5.90. The molecule has 1 aromatic rings. The Labute approximate surface area is 125 Å². The lowest BCUT2D eigenvalue weighted by molar-refractivity contribution is -0.131. The van der Waals surface area contributed by atoms with Crippen molar-refractivity contribution < 1.29 is 4.79 Å². The van der Waals surface area contributed by atoms with E-state index in [-0.39, 0.29) is 11.9 Å². The lowest BCUT2D eigenvalue weighted by atomic mass is 10.1. The number of rotatable bonds is 5. The van der Waals surface area contributed by atoms with Crippen molar-refractivity contribution >= 4 is 17.5 Å². The fraction of sp³-hybridized carbons (Fsp3) is 0.533. The number of nitrogens with two attached hydrogens (primary N) is 1. The van der Waals surface area contributed by atoms with Crippen molar-refractivity contribution in [3.63, 3.8) is 0 Å². The molecule has 0 bridgehead atoms. The maximum absolute atomic E-state index is 12.2. The molecule has 1 atom stereocenters. The van der Waals surface area contributed by atoms with Crippen LogP contribution in [0.2, 0.25) is 5.02 Å². The van der Waals surface area contributed by atoms with Gasteiger partial charge in [0.05, 0.1) is 6.54 Å². The summed E-state index contributed by atoms with van der Waals surface area (Å²) in [5.41, 5.74) is 6.96. The first-order chi connectivity index (χ1) is 9.61. The number of amides is 1. The van der Waals surface area contributed by atoms with Gasteiger partial charge in [-0.2, -0.15) is 0 Å². The van der Waals surface area contributed by atoms with Gasteiger partial charge in [-0.05, 0) is 37.6 Å². The standard InChI is InChI=1S/C15H22ClN3O/c1-18(11-15(20)19-8-2-3-9-19)14(10-17)12-4-6-13(16)7-5-12/h4-7,14H,2-3,8-11,17H2,1H3. The number of carbonyl (C=O) groups is 1. The second-order valence-corrected chi connectivity index (χ2v) is 5.74. The lowest BCUT2D eigenvalue weighted by Crippen LogP contribution is -2.40. The van der Waals surface area contributed by atoms with Crippen LogP contribution in [-0.4, -0.2) is 48.9 Å². The quantitative estimate of drug-likeness (QED) is 0.902. The Morgan fingerprint density at radius 2 is 1.95 bits per heavy atom. The minimum atomic E-state index is 0.0406. The highest BCUT2D eigenvalue weighted by Gasteiger charge is 2.22. The second-order valence-electron chi connectivity index (χ2n) is 5.31. The van der Waals surface area contributed by atoms with Crippen LogP contribution in [0.25, 0.3) is 0 Å². The number of likely N-dealkylation sites (N-methyl/N-ethyl adjacent to an activating group) is 1. The van der Waals surface area contributed by atoms with Crippen LogP contribution in [0, 0.1) is 0 Å². The molecule has 0 saturated carbocycles. The smallest absolute Gasteiger partial charge is 0.236 e. The Morgan fingerprint density at radius 3 is 2.50 bits per heavy atom. The SMILES string of the molecule is CN(CC(=O)N1CCCC1)C(CN)c1ccc(Cl)cc1. The molecule has 5 heteroatoms. The van der Waals surface area contributed by atoms with Crippen LogP contribution < -0.4 is 5.73 Å². The van der Waals surface area contributed by atoms with E-state index in [2.05, 4.69) is 0 Å². The molecule has 1 heterocycles. The van der Waals surface area contributed by atoms with E-state index >= 15 is 0 Å². The number of hydrogen-bond acceptors (Lipinski definition) is 3. The van der Waals surface area contributed by atoms with Gasteiger partial charge in [0.2, 0.25) is 5.91 Å². The molecule has 1 aliphatic heterocycles. The summed E-state index contributed by atoms with van der Waals surface area (Å²) in [7, 11) is 1.94. The molecule has 20 heavy (non-hydrogen) atoms. The first kappa shape index (κ1) is 15.3. The van der Waals surface area contributed by atoms with E-state index in [0.29, 0.717) is 18.1 Å². The third kappa shape index (κ3) is 3.72. The summed E-state index contributed by atoms with van der Waals surface area (Å²) in [6.07, 6.45) is 2.24. The normalized spacial score (nSPS) is 16.7. The van der Waals surface area contributed by atoms with Crippen LogP contribution in [-0.2, 0) is 4.79 Å². The van der Waals surface area contributed by atoms with Crippen molar-refractivity contribution in [1.82, 2.24) is 9.80 Å². The average Bonchev–Trinajstić information content (AvgIpc) is 2.96. The van der Waals surface area contributed by atoms with Gasteiger partial charge >= 0.3 is 0 Å². The molecule has 0 radical (unpaired) electrons. The maximum Gasteiger partial charge on any atom is 0.236 e. The van der Waals surface area contributed by atoms with Crippen molar-refractivity contribution in [2.75, 3.05) is 33.2 Å². The summed E-state index contributed by atoms with van der Waals surface area (Å²) in [5, 5.41) is 0.709. The van der Waals surface area contributed by atoms with Gasteiger partial charge in [0.25, 0.3) is 0 Å². The molecular formula is C15H22ClN3O. The van der Waals surface area contributed by atoms with Gasteiger partial charge in [-0.15, -0.1) is 0 Å². The largest absolute Gasteiger partial charge is 0.342 e. The fourth-order valence-electron chi connectivity index (χ4n) is 2.65. The molecule has 1 amide bonds. The van der Waals surface area contributed by atoms with Crippen molar-refractivity contribution in [2.45, 2.75) is 18.9 Å². The second kappa shape index (κ2) is 7.07. The van der Waals surface area contributed by atoms with Crippen LogP contribution in [0.3, 0.4) is 0 Å². The van der Waals surface area contributed by atoms with Crippen molar-refractivity contribution in [3.05, 3.63) is 34.9 Å². The summed E-state index contributed by atoms with van der Waals surface area (Å²) in [4.78, 5) is 16.1. The molecule has 1 aromatic carbocycles. The Bertz CT molecular complexity index is 443. The van der Waals surface area contributed by atoms with Crippen LogP contribution >= 0.6 is 11.6 Å². The van der Waals surface area contributed by atoms with Gasteiger partial charge in [0.1, 0.15) is 0 Å². The third-order valence-corrected chi connectivity index (χ3v) is 4.11. The van der Waals surface area contributed by atoms with Crippen molar-refractivity contribution in [3.8, 4) is 0 Å². The summed E-state index contributed by atoms with van der Waals surface area (Å²) in [6, 6.07) is 7.69. The molecule has 2 N–H and O–H groups in total. The average molecular weight is 296 g/mol. The van der Waals surface area contributed by atoms with Crippen LogP contribution in [0.4, 0.5) is 0 Å². The predicted octanol–water partition coefficient (Wildman–Crippen LogP) is 1.89. The molecule has 1 fully saturated rings. The van der Waals surface area contributed by atoms with E-state index in [1.165, 1.54) is 0 Å². The van der Waals surface area contributed by atoms with Crippen molar-refractivity contribution in [2.24, 2.45) is 5.73 Å².